The number of hydrogen-bond donors (Lipinski definition) is 2. The normalized spacial score (nSPS) is 10.7. The van der Waals surface area contributed by atoms with Crippen LogP contribution in [-0.2, 0) is 6.54 Å². The predicted molar refractivity (Wildman–Crippen MR) is 86.8 cm³/mol. The molecule has 0 aliphatic rings. The summed E-state index contributed by atoms with van der Waals surface area (Å²) in [7, 11) is 0. The number of aromatic nitrogens is 1. The number of nitrogens with zero attached hydrogens (tertiary/aromatic N) is 1. The first-order chi connectivity index (χ1) is 9.95. The van der Waals surface area contributed by atoms with E-state index in [2.05, 4.69) is 26.2 Å². The molecule has 21 heavy (non-hydrogen) atoms. The number of benzene rings is 1. The van der Waals surface area contributed by atoms with Crippen LogP contribution in [0.5, 0.6) is 0 Å². The molecule has 1 aromatic heterocycles. The van der Waals surface area contributed by atoms with Gasteiger partial charge in [0.1, 0.15) is 5.82 Å². The SMILES string of the molecule is CC(C)c1cc(C(=O)O)cc(NCc2ccc(Br)cc2)n1. The van der Waals surface area contributed by atoms with Gasteiger partial charge in [0.2, 0.25) is 0 Å². The molecule has 5 heteroatoms. The van der Waals surface area contributed by atoms with Crippen LogP contribution in [0.4, 0.5) is 5.82 Å². The topological polar surface area (TPSA) is 62.2 Å². The zero-order valence-corrected chi connectivity index (χ0v) is 13.5. The van der Waals surface area contributed by atoms with E-state index in [4.69, 9.17) is 0 Å². The smallest absolute Gasteiger partial charge is 0.335 e. The lowest BCUT2D eigenvalue weighted by Gasteiger charge is -2.11. The maximum atomic E-state index is 11.2. The van der Waals surface area contributed by atoms with Crippen LogP contribution in [0, 0.1) is 0 Å². The van der Waals surface area contributed by atoms with Crippen molar-refractivity contribution in [1.29, 1.82) is 0 Å². The van der Waals surface area contributed by atoms with Gasteiger partial charge < -0.3 is 10.4 Å². The molecule has 110 valence electrons. The second-order valence-corrected chi connectivity index (χ2v) is 6.02. The summed E-state index contributed by atoms with van der Waals surface area (Å²) in [5, 5.41) is 12.4. The third-order valence-electron chi connectivity index (χ3n) is 3.07. The number of carbonyl (C=O) groups is 1. The molecule has 2 N–H and O–H groups in total. The molecule has 0 aliphatic carbocycles. The van der Waals surface area contributed by atoms with Crippen molar-refractivity contribution >= 4 is 27.7 Å². The molecule has 0 saturated heterocycles. The standard InChI is InChI=1S/C16H17BrN2O2/c1-10(2)14-7-12(16(20)21)8-15(19-14)18-9-11-3-5-13(17)6-4-11/h3-8,10H,9H2,1-2H3,(H,18,19)(H,20,21). The quantitative estimate of drug-likeness (QED) is 0.846. The van der Waals surface area contributed by atoms with Gasteiger partial charge in [0.15, 0.2) is 0 Å². The first-order valence-corrected chi connectivity index (χ1v) is 7.48. The molecule has 2 rings (SSSR count). The Morgan fingerprint density at radius 1 is 1.29 bits per heavy atom. The van der Waals surface area contributed by atoms with Crippen molar-refractivity contribution in [3.63, 3.8) is 0 Å². The minimum atomic E-state index is -0.939. The average molecular weight is 349 g/mol. The Morgan fingerprint density at radius 3 is 2.52 bits per heavy atom. The van der Waals surface area contributed by atoms with Crippen molar-refractivity contribution in [1.82, 2.24) is 4.98 Å². The van der Waals surface area contributed by atoms with E-state index in [1.807, 2.05) is 38.1 Å². The summed E-state index contributed by atoms with van der Waals surface area (Å²) < 4.78 is 1.03. The van der Waals surface area contributed by atoms with Crippen LogP contribution in [0.3, 0.4) is 0 Å². The predicted octanol–water partition coefficient (Wildman–Crippen LogP) is 4.28. The molecule has 1 heterocycles. The van der Waals surface area contributed by atoms with Gasteiger partial charge in [-0.15, -0.1) is 0 Å². The van der Waals surface area contributed by atoms with Crippen LogP contribution in [-0.4, -0.2) is 16.1 Å². The van der Waals surface area contributed by atoms with Crippen molar-refractivity contribution in [3.8, 4) is 0 Å². The summed E-state index contributed by atoms with van der Waals surface area (Å²) >= 11 is 3.39. The molecule has 0 aliphatic heterocycles. The maximum Gasteiger partial charge on any atom is 0.335 e. The van der Waals surface area contributed by atoms with Gasteiger partial charge in [-0.05, 0) is 35.7 Å². The van der Waals surface area contributed by atoms with Gasteiger partial charge in [0, 0.05) is 16.7 Å². The summed E-state index contributed by atoms with van der Waals surface area (Å²) in [6, 6.07) is 11.1. The van der Waals surface area contributed by atoms with E-state index >= 15 is 0 Å². The lowest BCUT2D eigenvalue weighted by molar-refractivity contribution is 0.0696. The highest BCUT2D eigenvalue weighted by atomic mass is 79.9. The molecule has 0 atom stereocenters. The molecular weight excluding hydrogens is 332 g/mol. The highest BCUT2D eigenvalue weighted by Crippen LogP contribution is 2.18. The maximum absolute atomic E-state index is 11.2. The van der Waals surface area contributed by atoms with Crippen LogP contribution in [0.15, 0.2) is 40.9 Å². The summed E-state index contributed by atoms with van der Waals surface area (Å²) in [6.07, 6.45) is 0. The molecule has 0 bridgehead atoms. The highest BCUT2D eigenvalue weighted by molar-refractivity contribution is 9.10. The first kappa shape index (κ1) is 15.5. The zero-order valence-electron chi connectivity index (χ0n) is 11.9. The van der Waals surface area contributed by atoms with Gasteiger partial charge in [-0.1, -0.05) is 41.9 Å². The van der Waals surface area contributed by atoms with Crippen molar-refractivity contribution in [3.05, 3.63) is 57.7 Å². The lowest BCUT2D eigenvalue weighted by Crippen LogP contribution is -2.07. The van der Waals surface area contributed by atoms with E-state index in [9.17, 15) is 9.90 Å². The Balaban J connectivity index is 2.18. The molecule has 1 aromatic carbocycles. The van der Waals surface area contributed by atoms with E-state index in [0.717, 1.165) is 15.7 Å². The second kappa shape index (κ2) is 6.72. The highest BCUT2D eigenvalue weighted by Gasteiger charge is 2.10. The van der Waals surface area contributed by atoms with Gasteiger partial charge in [-0.2, -0.15) is 0 Å². The Morgan fingerprint density at radius 2 is 1.95 bits per heavy atom. The number of anilines is 1. The third-order valence-corrected chi connectivity index (χ3v) is 3.60. The molecule has 0 amide bonds. The fourth-order valence-corrected chi connectivity index (χ4v) is 2.12. The van der Waals surface area contributed by atoms with Crippen LogP contribution in [0.1, 0.15) is 41.4 Å². The Labute approximate surface area is 132 Å². The van der Waals surface area contributed by atoms with E-state index in [1.165, 1.54) is 0 Å². The number of rotatable bonds is 5. The molecular formula is C16H17BrN2O2. The van der Waals surface area contributed by atoms with Gasteiger partial charge in [-0.3, -0.25) is 0 Å². The number of halogens is 1. The van der Waals surface area contributed by atoms with Gasteiger partial charge in [-0.25, -0.2) is 9.78 Å². The summed E-state index contributed by atoms with van der Waals surface area (Å²) in [4.78, 5) is 15.6. The van der Waals surface area contributed by atoms with Crippen molar-refractivity contribution < 1.29 is 9.90 Å². The van der Waals surface area contributed by atoms with Crippen molar-refractivity contribution in [2.75, 3.05) is 5.32 Å². The number of hydrogen-bond acceptors (Lipinski definition) is 3. The second-order valence-electron chi connectivity index (χ2n) is 5.11. The number of pyridine rings is 1. The molecule has 0 unspecified atom stereocenters. The number of carboxylic acid groups (broad SMARTS) is 1. The largest absolute Gasteiger partial charge is 0.478 e. The van der Waals surface area contributed by atoms with Gasteiger partial charge in [0.25, 0.3) is 0 Å². The fraction of sp³-hybridized carbons (Fsp3) is 0.250. The molecule has 0 saturated carbocycles. The number of carboxylic acids is 1. The summed E-state index contributed by atoms with van der Waals surface area (Å²) in [5.41, 5.74) is 2.13. The Kier molecular flexibility index (Phi) is 4.96. The van der Waals surface area contributed by atoms with Crippen LogP contribution < -0.4 is 5.32 Å². The van der Waals surface area contributed by atoms with Crippen LogP contribution in [0.25, 0.3) is 0 Å². The summed E-state index contributed by atoms with van der Waals surface area (Å²) in [5.74, 6) is -0.176. The molecule has 0 fully saturated rings. The molecule has 0 spiro atoms. The van der Waals surface area contributed by atoms with Crippen LogP contribution in [0.2, 0.25) is 0 Å². The van der Waals surface area contributed by atoms with E-state index in [-0.39, 0.29) is 11.5 Å². The monoisotopic (exact) mass is 348 g/mol. The van der Waals surface area contributed by atoms with Gasteiger partial charge >= 0.3 is 5.97 Å². The van der Waals surface area contributed by atoms with E-state index < -0.39 is 5.97 Å². The minimum absolute atomic E-state index is 0.178. The molecule has 2 aromatic rings. The van der Waals surface area contributed by atoms with Crippen molar-refractivity contribution in [2.45, 2.75) is 26.3 Å². The van der Waals surface area contributed by atoms with E-state index in [1.54, 1.807) is 12.1 Å². The average Bonchev–Trinajstić information content (AvgIpc) is 2.46. The van der Waals surface area contributed by atoms with E-state index in [0.29, 0.717) is 12.4 Å². The molecule has 0 radical (unpaired) electrons. The van der Waals surface area contributed by atoms with Crippen LogP contribution >= 0.6 is 15.9 Å². The number of nitrogens with one attached hydrogen (secondary N) is 1. The Hall–Kier alpha value is -1.88. The zero-order chi connectivity index (χ0) is 15.4. The van der Waals surface area contributed by atoms with Gasteiger partial charge in [0.05, 0.1) is 5.56 Å². The molecule has 4 nitrogen and oxygen atoms in total. The summed E-state index contributed by atoms with van der Waals surface area (Å²) in [6.45, 7) is 4.58. The number of aromatic carboxylic acids is 1. The Bertz CT molecular complexity index is 639. The minimum Gasteiger partial charge on any atom is -0.478 e. The lowest BCUT2D eigenvalue weighted by atomic mass is 10.1. The third kappa shape index (κ3) is 4.29. The first-order valence-electron chi connectivity index (χ1n) is 6.69. The van der Waals surface area contributed by atoms with Crippen molar-refractivity contribution in [2.24, 2.45) is 0 Å². The fourth-order valence-electron chi connectivity index (χ4n) is 1.86.